The zero-order valence-corrected chi connectivity index (χ0v) is 21.0. The molecule has 0 aromatic carbocycles. The molecule has 2 spiro atoms. The summed E-state index contributed by atoms with van der Waals surface area (Å²) in [4.78, 5) is 2.35. The molecule has 0 aromatic rings. The van der Waals surface area contributed by atoms with E-state index in [1.165, 1.54) is 44.9 Å². The summed E-state index contributed by atoms with van der Waals surface area (Å²) >= 11 is 0. The molecule has 2 N–H and O–H groups in total. The SMILES string of the molecule is CN[C@H]1CC[C@]23C[C@]24CC[C@]2(C)[C@@H]([C@H](C)N(C)C)[C@@H](O)C[C@@]2(C)[C@@H]4CC[C@H]3C1(C)C. The number of aliphatic hydroxyl groups excluding tert-OH is 1. The highest BCUT2D eigenvalue weighted by atomic mass is 16.3. The molecular weight excluding hydrogens is 368 g/mol. The number of nitrogens with zero attached hydrogens (tertiary/aromatic N) is 1. The van der Waals surface area contributed by atoms with Gasteiger partial charge < -0.3 is 15.3 Å². The fourth-order valence-corrected chi connectivity index (χ4v) is 11.2. The lowest BCUT2D eigenvalue weighted by molar-refractivity contribution is -0.146. The maximum atomic E-state index is 11.4. The van der Waals surface area contributed by atoms with E-state index < -0.39 is 0 Å². The first kappa shape index (κ1) is 21.7. The van der Waals surface area contributed by atoms with Gasteiger partial charge in [-0.15, -0.1) is 0 Å². The van der Waals surface area contributed by atoms with Crippen molar-refractivity contribution in [3.63, 3.8) is 0 Å². The van der Waals surface area contributed by atoms with Crippen molar-refractivity contribution < 1.29 is 5.11 Å². The normalized spacial score (nSPS) is 57.2. The van der Waals surface area contributed by atoms with E-state index in [0.29, 0.717) is 34.2 Å². The Hall–Kier alpha value is -0.120. The number of rotatable bonds is 3. The summed E-state index contributed by atoms with van der Waals surface area (Å²) in [6.07, 6.45) is 10.7. The van der Waals surface area contributed by atoms with Gasteiger partial charge in [0.25, 0.3) is 0 Å². The quantitative estimate of drug-likeness (QED) is 0.684. The molecule has 172 valence electrons. The number of aliphatic hydroxyl groups is 1. The van der Waals surface area contributed by atoms with Gasteiger partial charge in [0.05, 0.1) is 6.10 Å². The monoisotopic (exact) mass is 416 g/mol. The Labute approximate surface area is 185 Å². The van der Waals surface area contributed by atoms with E-state index in [4.69, 9.17) is 0 Å². The van der Waals surface area contributed by atoms with Crippen molar-refractivity contribution >= 4 is 0 Å². The Morgan fingerprint density at radius 1 is 0.900 bits per heavy atom. The van der Waals surface area contributed by atoms with Gasteiger partial charge in [0.2, 0.25) is 0 Å². The summed E-state index contributed by atoms with van der Waals surface area (Å²) in [7, 11) is 6.58. The van der Waals surface area contributed by atoms with E-state index in [0.717, 1.165) is 18.3 Å². The van der Waals surface area contributed by atoms with E-state index in [1.807, 2.05) is 0 Å². The molecule has 0 aromatic heterocycles. The first-order valence-electron chi connectivity index (χ1n) is 12.9. The maximum absolute atomic E-state index is 11.4. The van der Waals surface area contributed by atoms with E-state index >= 15 is 0 Å². The van der Waals surface area contributed by atoms with Crippen LogP contribution in [0.5, 0.6) is 0 Å². The molecule has 5 fully saturated rings. The Kier molecular flexibility index (Phi) is 4.53. The third-order valence-corrected chi connectivity index (χ3v) is 12.9. The van der Waals surface area contributed by atoms with Gasteiger partial charge in [-0.05, 0) is 118 Å². The molecule has 5 rings (SSSR count). The number of hydrogen-bond donors (Lipinski definition) is 2. The van der Waals surface area contributed by atoms with Crippen LogP contribution in [-0.4, -0.2) is 49.3 Å². The zero-order chi connectivity index (χ0) is 21.9. The molecule has 0 radical (unpaired) electrons. The molecule has 10 atom stereocenters. The van der Waals surface area contributed by atoms with Gasteiger partial charge in [-0.3, -0.25) is 0 Å². The maximum Gasteiger partial charge on any atom is 0.0594 e. The molecule has 0 heterocycles. The van der Waals surface area contributed by atoms with Crippen LogP contribution in [0.15, 0.2) is 0 Å². The molecule has 30 heavy (non-hydrogen) atoms. The molecule has 0 aliphatic heterocycles. The van der Waals surface area contributed by atoms with Crippen LogP contribution in [0.1, 0.15) is 86.0 Å². The molecule has 0 amide bonds. The van der Waals surface area contributed by atoms with Crippen molar-refractivity contribution in [3.8, 4) is 0 Å². The van der Waals surface area contributed by atoms with Crippen molar-refractivity contribution in [2.75, 3.05) is 21.1 Å². The largest absolute Gasteiger partial charge is 0.393 e. The minimum absolute atomic E-state index is 0.142. The predicted octanol–water partition coefficient (Wildman–Crippen LogP) is 4.93. The first-order valence-corrected chi connectivity index (χ1v) is 12.9. The lowest BCUT2D eigenvalue weighted by atomic mass is 9.42. The van der Waals surface area contributed by atoms with Crippen molar-refractivity contribution in [2.24, 2.45) is 44.8 Å². The van der Waals surface area contributed by atoms with Crippen LogP contribution in [0.2, 0.25) is 0 Å². The molecular formula is C27H48N2O. The van der Waals surface area contributed by atoms with Gasteiger partial charge in [0.15, 0.2) is 0 Å². The number of fused-ring (bicyclic) bond motifs is 2. The third-order valence-electron chi connectivity index (χ3n) is 12.9. The second-order valence-electron chi connectivity index (χ2n) is 13.7. The summed E-state index contributed by atoms with van der Waals surface area (Å²) in [6.45, 7) is 12.7. The van der Waals surface area contributed by atoms with E-state index in [9.17, 15) is 5.11 Å². The van der Waals surface area contributed by atoms with Crippen LogP contribution in [0.25, 0.3) is 0 Å². The Bertz CT molecular complexity index is 720. The van der Waals surface area contributed by atoms with Crippen molar-refractivity contribution in [1.82, 2.24) is 10.2 Å². The van der Waals surface area contributed by atoms with Crippen LogP contribution in [-0.2, 0) is 0 Å². The Balaban J connectivity index is 1.51. The number of nitrogens with one attached hydrogen (secondary N) is 1. The van der Waals surface area contributed by atoms with E-state index in [-0.39, 0.29) is 16.9 Å². The predicted molar refractivity (Wildman–Crippen MR) is 124 cm³/mol. The average Bonchev–Trinajstić information content (AvgIpc) is 3.27. The van der Waals surface area contributed by atoms with E-state index in [2.05, 4.69) is 66.0 Å². The minimum Gasteiger partial charge on any atom is -0.393 e. The fraction of sp³-hybridized carbons (Fsp3) is 1.00. The van der Waals surface area contributed by atoms with Crippen LogP contribution in [0.3, 0.4) is 0 Å². The topological polar surface area (TPSA) is 35.5 Å². The van der Waals surface area contributed by atoms with Crippen LogP contribution in [0.4, 0.5) is 0 Å². The fourth-order valence-electron chi connectivity index (χ4n) is 11.2. The standard InChI is InChI=1S/C27H48N2O/c1-17(29(7)8)22-18(30)15-25(5)20-10-9-19-23(2,3)21(28-6)11-12-26(19)16-27(20,26)14-13-24(22,25)4/h17-22,28,30H,9-16H2,1-8H3/t17-,18-,19-,20-,21-,22-,24+,25-,26+,27-/m0/s1. The molecule has 0 bridgehead atoms. The number of hydrogen-bond acceptors (Lipinski definition) is 3. The lowest BCUT2D eigenvalue weighted by Crippen LogP contribution is -2.59. The summed E-state index contributed by atoms with van der Waals surface area (Å²) in [5.74, 6) is 2.10. The smallest absolute Gasteiger partial charge is 0.0594 e. The van der Waals surface area contributed by atoms with Gasteiger partial charge in [0.1, 0.15) is 0 Å². The van der Waals surface area contributed by atoms with Crippen molar-refractivity contribution in [1.29, 1.82) is 0 Å². The van der Waals surface area contributed by atoms with Gasteiger partial charge in [0, 0.05) is 18.0 Å². The highest BCUT2D eigenvalue weighted by molar-refractivity contribution is 5.31. The Morgan fingerprint density at radius 2 is 1.53 bits per heavy atom. The van der Waals surface area contributed by atoms with Crippen molar-refractivity contribution in [3.05, 3.63) is 0 Å². The third kappa shape index (κ3) is 2.24. The average molecular weight is 417 g/mol. The minimum atomic E-state index is -0.142. The summed E-state index contributed by atoms with van der Waals surface area (Å²) < 4.78 is 0. The van der Waals surface area contributed by atoms with Gasteiger partial charge in [-0.1, -0.05) is 27.7 Å². The van der Waals surface area contributed by atoms with E-state index in [1.54, 1.807) is 0 Å². The lowest BCUT2D eigenvalue weighted by Gasteiger charge is -2.63. The molecule has 5 saturated carbocycles. The second-order valence-corrected chi connectivity index (χ2v) is 13.7. The molecule has 0 unspecified atom stereocenters. The Morgan fingerprint density at radius 3 is 2.17 bits per heavy atom. The first-order chi connectivity index (χ1) is 13.9. The zero-order valence-electron chi connectivity index (χ0n) is 21.0. The summed E-state index contributed by atoms with van der Waals surface area (Å²) in [6, 6.07) is 1.11. The highest BCUT2D eigenvalue weighted by Gasteiger charge is 2.82. The van der Waals surface area contributed by atoms with Gasteiger partial charge >= 0.3 is 0 Å². The highest BCUT2D eigenvalue weighted by Crippen LogP contribution is 2.88. The molecule has 5 aliphatic rings. The second kappa shape index (κ2) is 6.26. The molecule has 3 nitrogen and oxygen atoms in total. The molecule has 3 heteroatoms. The van der Waals surface area contributed by atoms with Gasteiger partial charge in [-0.25, -0.2) is 0 Å². The van der Waals surface area contributed by atoms with Crippen LogP contribution >= 0.6 is 0 Å². The summed E-state index contributed by atoms with van der Waals surface area (Å²) in [5, 5.41) is 15.1. The van der Waals surface area contributed by atoms with Crippen LogP contribution in [0, 0.1) is 44.8 Å². The molecule has 5 aliphatic carbocycles. The van der Waals surface area contributed by atoms with Gasteiger partial charge in [-0.2, -0.15) is 0 Å². The summed E-state index contributed by atoms with van der Waals surface area (Å²) in [5.41, 5.74) is 2.14. The molecule has 0 saturated heterocycles. The van der Waals surface area contributed by atoms with Crippen LogP contribution < -0.4 is 5.32 Å². The van der Waals surface area contributed by atoms with Crippen molar-refractivity contribution in [2.45, 2.75) is 104 Å².